The Morgan fingerprint density at radius 1 is 0.840 bits per heavy atom. The first-order valence-corrected chi connectivity index (χ1v) is 18.8. The van der Waals surface area contributed by atoms with Crippen LogP contribution in [0.25, 0.3) is 11.3 Å². The summed E-state index contributed by atoms with van der Waals surface area (Å²) in [7, 11) is 2.02. The Balaban J connectivity index is 1.04. The Morgan fingerprint density at radius 3 is 2.08 bits per heavy atom. The summed E-state index contributed by atoms with van der Waals surface area (Å²) in [6, 6.07) is 14.0. The minimum atomic E-state index is -4.48. The Kier molecular flexibility index (Phi) is 13.1. The SMILES string of the molecule is CCCc1sc(CCCCCCCCCCN[C@@H](Cc2ccccc2C(F)(F)F)CN2C(=O)c3ccccc3C2=O)cc1-c1c(C)cnn1C. The molecule has 1 aliphatic rings. The van der Waals surface area contributed by atoms with E-state index < -0.39 is 29.6 Å². The molecule has 0 spiro atoms. The number of nitrogens with one attached hydrogen (secondary N) is 1. The second kappa shape index (κ2) is 17.4. The number of unbranched alkanes of at least 4 members (excludes halogenated alkanes) is 7. The Morgan fingerprint density at radius 2 is 1.46 bits per heavy atom. The van der Waals surface area contributed by atoms with Gasteiger partial charge in [-0.3, -0.25) is 19.2 Å². The zero-order chi connectivity index (χ0) is 35.7. The van der Waals surface area contributed by atoms with E-state index in [4.69, 9.17) is 0 Å². The molecule has 2 aromatic heterocycles. The minimum Gasteiger partial charge on any atom is -0.312 e. The van der Waals surface area contributed by atoms with Crippen molar-refractivity contribution in [2.75, 3.05) is 13.1 Å². The van der Waals surface area contributed by atoms with Crippen LogP contribution in [-0.4, -0.2) is 45.6 Å². The molecule has 1 atom stereocenters. The van der Waals surface area contributed by atoms with Gasteiger partial charge in [-0.05, 0) is 81.0 Å². The summed E-state index contributed by atoms with van der Waals surface area (Å²) >= 11 is 1.96. The third-order valence-corrected chi connectivity index (χ3v) is 10.8. The molecule has 6 nitrogen and oxygen atoms in total. The number of carbonyl (C=O) groups excluding carboxylic acids is 2. The first kappa shape index (κ1) is 37.5. The van der Waals surface area contributed by atoms with E-state index in [2.05, 4.69) is 30.3 Å². The highest BCUT2D eigenvalue weighted by Crippen LogP contribution is 2.35. The minimum absolute atomic E-state index is 0.00814. The third kappa shape index (κ3) is 9.31. The van der Waals surface area contributed by atoms with Gasteiger partial charge >= 0.3 is 6.18 Å². The summed E-state index contributed by atoms with van der Waals surface area (Å²) in [5.74, 6) is -0.801. The van der Waals surface area contributed by atoms with Crippen LogP contribution in [0.2, 0.25) is 0 Å². The largest absolute Gasteiger partial charge is 0.416 e. The molecule has 0 saturated carbocycles. The normalized spacial score (nSPS) is 13.8. The number of rotatable bonds is 19. The third-order valence-electron chi connectivity index (χ3n) is 9.57. The summed E-state index contributed by atoms with van der Waals surface area (Å²) < 4.78 is 43.3. The van der Waals surface area contributed by atoms with E-state index in [1.165, 1.54) is 69.3 Å². The summed E-state index contributed by atoms with van der Waals surface area (Å²) in [6.07, 6.45) is 9.78. The van der Waals surface area contributed by atoms with Crippen LogP contribution in [0.4, 0.5) is 13.2 Å². The van der Waals surface area contributed by atoms with Gasteiger partial charge in [0.2, 0.25) is 0 Å². The molecule has 0 fully saturated rings. The maximum Gasteiger partial charge on any atom is 0.416 e. The van der Waals surface area contributed by atoms with E-state index >= 15 is 0 Å². The first-order valence-electron chi connectivity index (χ1n) is 18.0. The number of aryl methyl sites for hydroxylation is 4. The molecule has 2 aromatic carbocycles. The lowest BCUT2D eigenvalue weighted by atomic mass is 9.99. The lowest BCUT2D eigenvalue weighted by molar-refractivity contribution is -0.138. The number of nitrogens with zero attached hydrogens (tertiary/aromatic N) is 3. The van der Waals surface area contributed by atoms with E-state index in [0.717, 1.165) is 51.0 Å². The molecule has 268 valence electrons. The van der Waals surface area contributed by atoms with Gasteiger partial charge in [0.1, 0.15) is 0 Å². The van der Waals surface area contributed by atoms with Gasteiger partial charge < -0.3 is 5.32 Å². The number of benzene rings is 2. The smallest absolute Gasteiger partial charge is 0.312 e. The average Bonchev–Trinajstić information content (AvgIpc) is 3.72. The molecule has 50 heavy (non-hydrogen) atoms. The van der Waals surface area contributed by atoms with Gasteiger partial charge in [0.05, 0.1) is 28.6 Å². The molecular weight excluding hydrogens is 658 g/mol. The molecule has 1 N–H and O–H groups in total. The zero-order valence-corrected chi connectivity index (χ0v) is 30.3. The number of aromatic nitrogens is 2. The van der Waals surface area contributed by atoms with Crippen molar-refractivity contribution in [2.24, 2.45) is 7.05 Å². The quantitative estimate of drug-likeness (QED) is 0.0779. The Labute approximate surface area is 298 Å². The Hall–Kier alpha value is -3.76. The molecule has 1 aliphatic heterocycles. The highest BCUT2D eigenvalue weighted by molar-refractivity contribution is 7.12. The Bertz CT molecular complexity index is 1690. The lowest BCUT2D eigenvalue weighted by Gasteiger charge is -2.25. The number of fused-ring (bicyclic) bond motifs is 1. The second-order valence-electron chi connectivity index (χ2n) is 13.5. The van der Waals surface area contributed by atoms with E-state index in [0.29, 0.717) is 17.7 Å². The van der Waals surface area contributed by atoms with Crippen molar-refractivity contribution in [3.63, 3.8) is 0 Å². The number of thiophene rings is 1. The average molecular weight is 707 g/mol. The molecule has 2 amide bonds. The van der Waals surface area contributed by atoms with Crippen molar-refractivity contribution in [3.8, 4) is 11.3 Å². The van der Waals surface area contributed by atoms with Gasteiger partial charge in [-0.15, -0.1) is 11.3 Å². The number of alkyl halides is 3. The molecule has 0 aliphatic carbocycles. The predicted molar refractivity (Wildman–Crippen MR) is 195 cm³/mol. The van der Waals surface area contributed by atoms with Crippen LogP contribution in [-0.2, 0) is 32.5 Å². The van der Waals surface area contributed by atoms with Gasteiger partial charge in [0.15, 0.2) is 0 Å². The monoisotopic (exact) mass is 706 g/mol. The van der Waals surface area contributed by atoms with E-state index in [1.54, 1.807) is 30.3 Å². The molecule has 0 unspecified atom stereocenters. The topological polar surface area (TPSA) is 67.2 Å². The fourth-order valence-electron chi connectivity index (χ4n) is 7.01. The molecular formula is C40H49F3N4O2S. The van der Waals surface area contributed by atoms with Crippen molar-refractivity contribution in [1.29, 1.82) is 0 Å². The number of imide groups is 1. The molecule has 3 heterocycles. The molecule has 0 bridgehead atoms. The summed E-state index contributed by atoms with van der Waals surface area (Å²) in [5.41, 5.74) is 3.94. The highest BCUT2D eigenvalue weighted by atomic mass is 32.1. The van der Waals surface area contributed by atoms with Gasteiger partial charge in [0, 0.05) is 35.0 Å². The molecule has 4 aromatic rings. The van der Waals surface area contributed by atoms with Gasteiger partial charge in [0.25, 0.3) is 11.8 Å². The van der Waals surface area contributed by atoms with Crippen molar-refractivity contribution in [1.82, 2.24) is 20.0 Å². The number of hydrogen-bond donors (Lipinski definition) is 1. The number of amides is 2. The first-order chi connectivity index (χ1) is 24.1. The van der Waals surface area contributed by atoms with Crippen LogP contribution in [0.15, 0.2) is 60.8 Å². The number of halogens is 3. The zero-order valence-electron chi connectivity index (χ0n) is 29.5. The molecule has 0 saturated heterocycles. The predicted octanol–water partition coefficient (Wildman–Crippen LogP) is 9.59. The van der Waals surface area contributed by atoms with Crippen LogP contribution in [0.1, 0.15) is 112 Å². The second-order valence-corrected chi connectivity index (χ2v) is 14.7. The van der Waals surface area contributed by atoms with Crippen LogP contribution in [0, 0.1) is 6.92 Å². The van der Waals surface area contributed by atoms with E-state index in [9.17, 15) is 22.8 Å². The highest BCUT2D eigenvalue weighted by Gasteiger charge is 2.37. The summed E-state index contributed by atoms with van der Waals surface area (Å²) in [4.78, 5) is 30.2. The fraction of sp³-hybridized carbons (Fsp3) is 0.475. The van der Waals surface area contributed by atoms with Gasteiger partial charge in [-0.2, -0.15) is 18.3 Å². The molecule has 10 heteroatoms. The molecule has 5 rings (SSSR count). The van der Waals surface area contributed by atoms with Crippen molar-refractivity contribution in [3.05, 3.63) is 98.4 Å². The van der Waals surface area contributed by atoms with Gasteiger partial charge in [-0.1, -0.05) is 82.2 Å². The van der Waals surface area contributed by atoms with Crippen LogP contribution < -0.4 is 5.32 Å². The van der Waals surface area contributed by atoms with Gasteiger partial charge in [-0.25, -0.2) is 0 Å². The van der Waals surface area contributed by atoms with Crippen LogP contribution in [0.3, 0.4) is 0 Å². The summed E-state index contributed by atoms with van der Waals surface area (Å²) in [6.45, 7) is 4.97. The fourth-order valence-corrected chi connectivity index (χ4v) is 8.32. The van der Waals surface area contributed by atoms with Crippen molar-refractivity contribution in [2.45, 2.75) is 103 Å². The van der Waals surface area contributed by atoms with Crippen LogP contribution >= 0.6 is 11.3 Å². The van der Waals surface area contributed by atoms with Crippen LogP contribution in [0.5, 0.6) is 0 Å². The standard InChI is InChI=1S/C40H49F3N4O2S/c1-4-17-36-34(37-28(2)26-45-46(37)3)25-31(50-36)19-11-9-7-5-6-8-10-16-23-44-30(24-29-18-12-15-22-35(29)40(41,42)43)27-47-38(48)32-20-13-14-21-33(32)39(47)49/h12-15,18,20-22,25-26,30,44H,4-11,16-17,19,23-24,27H2,1-3H3/t30-/m0/s1. The lowest BCUT2D eigenvalue weighted by Crippen LogP contribution is -2.45. The van der Waals surface area contributed by atoms with E-state index in [1.807, 2.05) is 29.3 Å². The molecule has 0 radical (unpaired) electrons. The maximum absolute atomic E-state index is 13.8. The maximum atomic E-state index is 13.8. The number of hydrogen-bond acceptors (Lipinski definition) is 5. The van der Waals surface area contributed by atoms with E-state index in [-0.39, 0.29) is 18.5 Å². The van der Waals surface area contributed by atoms with Crippen molar-refractivity contribution < 1.29 is 22.8 Å². The van der Waals surface area contributed by atoms with Crippen molar-refractivity contribution >= 4 is 23.2 Å². The number of carbonyl (C=O) groups is 2. The summed E-state index contributed by atoms with van der Waals surface area (Å²) in [5, 5.41) is 7.84.